The van der Waals surface area contributed by atoms with E-state index in [-0.39, 0.29) is 11.0 Å². The molecule has 0 radical (unpaired) electrons. The van der Waals surface area contributed by atoms with E-state index in [0.29, 0.717) is 16.6 Å². The van der Waals surface area contributed by atoms with Crippen LogP contribution in [0.1, 0.15) is 42.5 Å². The molecule has 1 fully saturated rings. The molecule has 0 saturated carbocycles. The van der Waals surface area contributed by atoms with Crippen molar-refractivity contribution in [3.05, 3.63) is 63.6 Å². The van der Waals surface area contributed by atoms with Crippen molar-refractivity contribution in [2.24, 2.45) is 0 Å². The largest absolute Gasteiger partial charge is 0.374 e. The van der Waals surface area contributed by atoms with Crippen LogP contribution in [0.4, 0.5) is 0 Å². The fourth-order valence-corrected chi connectivity index (χ4v) is 4.95. The molecule has 5 nitrogen and oxygen atoms in total. The predicted octanol–water partition coefficient (Wildman–Crippen LogP) is 4.82. The maximum Gasteiger partial charge on any atom is 0.241 e. The van der Waals surface area contributed by atoms with Crippen LogP contribution in [0.15, 0.2) is 47.4 Å². The molecule has 158 valence electrons. The number of hydrogen-bond acceptors (Lipinski definition) is 4. The number of benzene rings is 2. The molecule has 1 aliphatic rings. The summed E-state index contributed by atoms with van der Waals surface area (Å²) in [5.41, 5.74) is 1.77. The minimum atomic E-state index is -3.72. The van der Waals surface area contributed by atoms with Crippen LogP contribution in [-0.2, 0) is 14.8 Å². The molecule has 0 spiro atoms. The van der Waals surface area contributed by atoms with Gasteiger partial charge in [0.2, 0.25) is 10.0 Å². The molecular formula is C21H26Cl2N2O3S. The molecule has 8 heteroatoms. The fourth-order valence-electron chi connectivity index (χ4n) is 3.43. The minimum Gasteiger partial charge on any atom is -0.374 e. The number of sulfonamides is 1. The van der Waals surface area contributed by atoms with Gasteiger partial charge in [-0.15, -0.1) is 0 Å². The van der Waals surface area contributed by atoms with Gasteiger partial charge in [-0.3, -0.25) is 0 Å². The van der Waals surface area contributed by atoms with Crippen LogP contribution in [0.3, 0.4) is 0 Å². The summed E-state index contributed by atoms with van der Waals surface area (Å²) in [6.07, 6.45) is 3.22. The van der Waals surface area contributed by atoms with E-state index < -0.39 is 16.1 Å². The Morgan fingerprint density at radius 3 is 2.41 bits per heavy atom. The SMILES string of the molecule is CN(C)C[C@H](NS(=O)(=O)c1ccc([C@H]2CCCCO2)cc1)c1ccc(Cl)c(Cl)c1. The number of nitrogens with zero attached hydrogens (tertiary/aromatic N) is 1. The highest BCUT2D eigenvalue weighted by atomic mass is 35.5. The van der Waals surface area contributed by atoms with Crippen molar-refractivity contribution in [3.8, 4) is 0 Å². The Balaban J connectivity index is 1.81. The lowest BCUT2D eigenvalue weighted by Crippen LogP contribution is -2.35. The number of ether oxygens (including phenoxy) is 1. The van der Waals surface area contributed by atoms with Crippen LogP contribution in [0.5, 0.6) is 0 Å². The van der Waals surface area contributed by atoms with Gasteiger partial charge in [0.15, 0.2) is 0 Å². The Hall–Kier alpha value is -1.15. The van der Waals surface area contributed by atoms with Crippen molar-refractivity contribution in [3.63, 3.8) is 0 Å². The molecule has 0 amide bonds. The summed E-state index contributed by atoms with van der Waals surface area (Å²) >= 11 is 12.1. The van der Waals surface area contributed by atoms with Gasteiger partial charge in [0.25, 0.3) is 0 Å². The molecular weight excluding hydrogens is 431 g/mol. The third-order valence-corrected chi connectivity index (χ3v) is 7.16. The van der Waals surface area contributed by atoms with E-state index >= 15 is 0 Å². The van der Waals surface area contributed by atoms with Crippen molar-refractivity contribution < 1.29 is 13.2 Å². The molecule has 1 aliphatic heterocycles. The molecule has 1 N–H and O–H groups in total. The third-order valence-electron chi connectivity index (χ3n) is 4.93. The van der Waals surface area contributed by atoms with Gasteiger partial charge in [-0.05, 0) is 68.8 Å². The van der Waals surface area contributed by atoms with E-state index in [1.54, 1.807) is 30.3 Å². The third kappa shape index (κ3) is 5.94. The molecule has 1 heterocycles. The van der Waals surface area contributed by atoms with Crippen LogP contribution in [0.25, 0.3) is 0 Å². The van der Waals surface area contributed by atoms with Gasteiger partial charge in [0, 0.05) is 13.2 Å². The fraction of sp³-hybridized carbons (Fsp3) is 0.429. The van der Waals surface area contributed by atoms with Crippen LogP contribution < -0.4 is 4.72 Å². The molecule has 0 aliphatic carbocycles. The molecule has 0 aromatic heterocycles. The second-order valence-electron chi connectivity index (χ2n) is 7.53. The van der Waals surface area contributed by atoms with E-state index in [0.717, 1.165) is 37.0 Å². The summed E-state index contributed by atoms with van der Waals surface area (Å²) in [7, 11) is 0.0561. The molecule has 29 heavy (non-hydrogen) atoms. The highest BCUT2D eigenvalue weighted by molar-refractivity contribution is 7.89. The lowest BCUT2D eigenvalue weighted by molar-refractivity contribution is 0.0149. The highest BCUT2D eigenvalue weighted by Gasteiger charge is 2.23. The normalized spacial score (nSPS) is 18.7. The molecule has 0 bridgehead atoms. The van der Waals surface area contributed by atoms with Crippen molar-refractivity contribution in [2.75, 3.05) is 27.2 Å². The molecule has 3 rings (SSSR count). The molecule has 2 aromatic rings. The number of likely N-dealkylation sites (N-methyl/N-ethyl adjacent to an activating group) is 1. The summed E-state index contributed by atoms with van der Waals surface area (Å²) in [5.74, 6) is 0. The second kappa shape index (κ2) is 9.77. The number of rotatable bonds is 7. The average Bonchev–Trinajstić information content (AvgIpc) is 2.70. The monoisotopic (exact) mass is 456 g/mol. The standard InChI is InChI=1S/C21H26Cl2N2O3S/c1-25(2)14-20(16-8-11-18(22)19(23)13-16)24-29(26,27)17-9-6-15(7-10-17)21-5-3-4-12-28-21/h6-11,13,20-21,24H,3-5,12,14H2,1-2H3/t20-,21+/m0/s1. The van der Waals surface area contributed by atoms with E-state index in [4.69, 9.17) is 27.9 Å². The highest BCUT2D eigenvalue weighted by Crippen LogP contribution is 2.29. The Labute approximate surface area is 183 Å². The molecule has 0 unspecified atom stereocenters. The maximum atomic E-state index is 13.0. The smallest absolute Gasteiger partial charge is 0.241 e. The Bertz CT molecular complexity index is 927. The first-order valence-electron chi connectivity index (χ1n) is 9.60. The van der Waals surface area contributed by atoms with E-state index in [1.807, 2.05) is 31.1 Å². The van der Waals surface area contributed by atoms with Crippen LogP contribution >= 0.6 is 23.2 Å². The first-order chi connectivity index (χ1) is 13.8. The van der Waals surface area contributed by atoms with E-state index in [2.05, 4.69) is 4.72 Å². The number of hydrogen-bond donors (Lipinski definition) is 1. The molecule has 1 saturated heterocycles. The molecule has 2 aromatic carbocycles. The Morgan fingerprint density at radius 2 is 1.83 bits per heavy atom. The van der Waals surface area contributed by atoms with Gasteiger partial charge in [0.05, 0.1) is 27.1 Å². The lowest BCUT2D eigenvalue weighted by Gasteiger charge is -2.24. The van der Waals surface area contributed by atoms with Crippen molar-refractivity contribution in [2.45, 2.75) is 36.3 Å². The van der Waals surface area contributed by atoms with Gasteiger partial charge in [-0.2, -0.15) is 0 Å². The van der Waals surface area contributed by atoms with Crippen LogP contribution in [0, 0.1) is 0 Å². The predicted molar refractivity (Wildman–Crippen MR) is 117 cm³/mol. The zero-order chi connectivity index (χ0) is 21.0. The van der Waals surface area contributed by atoms with Crippen molar-refractivity contribution in [1.29, 1.82) is 0 Å². The second-order valence-corrected chi connectivity index (χ2v) is 10.1. The van der Waals surface area contributed by atoms with E-state index in [1.165, 1.54) is 0 Å². The topological polar surface area (TPSA) is 58.6 Å². The lowest BCUT2D eigenvalue weighted by atomic mass is 10.0. The Kier molecular flexibility index (Phi) is 7.59. The summed E-state index contributed by atoms with van der Waals surface area (Å²) in [6.45, 7) is 1.23. The minimum absolute atomic E-state index is 0.0474. The van der Waals surface area contributed by atoms with Crippen molar-refractivity contribution >= 4 is 33.2 Å². The summed E-state index contributed by atoms with van der Waals surface area (Å²) in [5, 5.41) is 0.825. The summed E-state index contributed by atoms with van der Waals surface area (Å²) in [4.78, 5) is 2.14. The Morgan fingerprint density at radius 1 is 1.10 bits per heavy atom. The van der Waals surface area contributed by atoms with Crippen molar-refractivity contribution in [1.82, 2.24) is 9.62 Å². The van der Waals surface area contributed by atoms with Gasteiger partial charge in [0.1, 0.15) is 0 Å². The zero-order valence-corrected chi connectivity index (χ0v) is 18.9. The van der Waals surface area contributed by atoms with Gasteiger partial charge >= 0.3 is 0 Å². The van der Waals surface area contributed by atoms with Crippen LogP contribution in [0.2, 0.25) is 10.0 Å². The first-order valence-corrected chi connectivity index (χ1v) is 11.8. The van der Waals surface area contributed by atoms with Gasteiger partial charge in [-0.25, -0.2) is 13.1 Å². The van der Waals surface area contributed by atoms with Gasteiger partial charge in [-0.1, -0.05) is 41.4 Å². The quantitative estimate of drug-likeness (QED) is 0.648. The maximum absolute atomic E-state index is 13.0. The summed E-state index contributed by atoms with van der Waals surface area (Å²) < 4.78 is 34.6. The van der Waals surface area contributed by atoms with Crippen LogP contribution in [-0.4, -0.2) is 40.6 Å². The van der Waals surface area contributed by atoms with E-state index in [9.17, 15) is 8.42 Å². The number of halogens is 2. The first kappa shape index (κ1) is 22.5. The summed E-state index contributed by atoms with van der Waals surface area (Å²) in [6, 6.07) is 11.6. The molecule has 2 atom stereocenters. The zero-order valence-electron chi connectivity index (χ0n) is 16.6. The van der Waals surface area contributed by atoms with Gasteiger partial charge < -0.3 is 9.64 Å². The average molecular weight is 457 g/mol. The number of nitrogens with one attached hydrogen (secondary N) is 1.